The number of benzene rings is 2. The van der Waals surface area contributed by atoms with Gasteiger partial charge in [0.15, 0.2) is 0 Å². The third-order valence-electron chi connectivity index (χ3n) is 3.24. The summed E-state index contributed by atoms with van der Waals surface area (Å²) in [4.78, 5) is 0. The summed E-state index contributed by atoms with van der Waals surface area (Å²) in [6, 6.07) is 9.85. The molecule has 0 aromatic heterocycles. The van der Waals surface area contributed by atoms with Gasteiger partial charge in [0, 0.05) is 16.6 Å². The van der Waals surface area contributed by atoms with E-state index in [1.54, 1.807) is 0 Å². The van der Waals surface area contributed by atoms with Crippen molar-refractivity contribution in [3.05, 3.63) is 56.5 Å². The van der Waals surface area contributed by atoms with Gasteiger partial charge < -0.3 is 10.1 Å². The van der Waals surface area contributed by atoms with E-state index in [0.717, 1.165) is 45.8 Å². The van der Waals surface area contributed by atoms with Crippen molar-refractivity contribution < 1.29 is 4.74 Å². The minimum absolute atomic E-state index is 0.628. The molecule has 0 aliphatic rings. The molecule has 0 aliphatic carbocycles. The average Bonchev–Trinajstić information content (AvgIpc) is 2.45. The number of para-hydroxylation sites is 1. The van der Waals surface area contributed by atoms with Crippen molar-refractivity contribution in [2.24, 2.45) is 0 Å². The maximum absolute atomic E-state index is 6.31. The van der Waals surface area contributed by atoms with Crippen molar-refractivity contribution in [3.8, 4) is 11.5 Å². The van der Waals surface area contributed by atoms with E-state index in [9.17, 15) is 0 Å². The molecule has 0 amide bonds. The predicted octanol–water partition coefficient (Wildman–Crippen LogP) is 5.62. The highest BCUT2D eigenvalue weighted by Crippen LogP contribution is 2.35. The summed E-state index contributed by atoms with van der Waals surface area (Å²) in [6.45, 7) is 7.82. The van der Waals surface area contributed by atoms with Crippen LogP contribution < -0.4 is 10.1 Å². The number of hydrogen-bond acceptors (Lipinski definition) is 2. The van der Waals surface area contributed by atoms with Crippen LogP contribution in [0.4, 0.5) is 0 Å². The quantitative estimate of drug-likeness (QED) is 0.739. The summed E-state index contributed by atoms with van der Waals surface area (Å²) in [7, 11) is 0. The topological polar surface area (TPSA) is 21.3 Å². The Hall–Kier alpha value is -1.03. The molecule has 0 heterocycles. The second-order valence-corrected chi connectivity index (χ2v) is 6.18. The highest BCUT2D eigenvalue weighted by molar-refractivity contribution is 9.10. The molecule has 0 saturated carbocycles. The van der Waals surface area contributed by atoms with Crippen molar-refractivity contribution >= 4 is 27.5 Å². The molecule has 2 aromatic carbocycles. The van der Waals surface area contributed by atoms with Gasteiger partial charge in [-0.05, 0) is 49.7 Å². The minimum Gasteiger partial charge on any atom is -0.455 e. The van der Waals surface area contributed by atoms with Crippen molar-refractivity contribution in [3.63, 3.8) is 0 Å². The van der Waals surface area contributed by atoms with E-state index in [2.05, 4.69) is 42.0 Å². The van der Waals surface area contributed by atoms with Crippen LogP contribution in [0.5, 0.6) is 11.5 Å². The first kappa shape index (κ1) is 16.3. The second-order valence-electron chi connectivity index (χ2n) is 4.98. The highest BCUT2D eigenvalue weighted by Gasteiger charge is 2.11. The molecule has 2 nitrogen and oxygen atoms in total. The van der Waals surface area contributed by atoms with Crippen molar-refractivity contribution in [1.82, 2.24) is 5.32 Å². The molecule has 2 aromatic rings. The lowest BCUT2D eigenvalue weighted by atomic mass is 10.1. The standard InChI is InChI=1S/C17H19BrClNO/c1-4-20-10-13-6-5-7-15(19)17(13)21-14-8-11(2)16(18)12(3)9-14/h5-9,20H,4,10H2,1-3H3. The number of nitrogens with one attached hydrogen (secondary N) is 1. The third-order valence-corrected chi connectivity index (χ3v) is 4.79. The van der Waals surface area contributed by atoms with Gasteiger partial charge in [-0.3, -0.25) is 0 Å². The minimum atomic E-state index is 0.628. The molecule has 2 rings (SSSR count). The summed E-state index contributed by atoms with van der Waals surface area (Å²) < 4.78 is 7.17. The number of aryl methyl sites for hydroxylation is 2. The Labute approximate surface area is 139 Å². The monoisotopic (exact) mass is 367 g/mol. The predicted molar refractivity (Wildman–Crippen MR) is 92.5 cm³/mol. The Morgan fingerprint density at radius 1 is 1.19 bits per heavy atom. The van der Waals surface area contributed by atoms with Gasteiger partial charge in [0.05, 0.1) is 5.02 Å². The first-order valence-electron chi connectivity index (χ1n) is 6.95. The van der Waals surface area contributed by atoms with Crippen LogP contribution in [0, 0.1) is 13.8 Å². The Morgan fingerprint density at radius 3 is 2.48 bits per heavy atom. The Kier molecular flexibility index (Phi) is 5.68. The van der Waals surface area contributed by atoms with E-state index in [0.29, 0.717) is 5.02 Å². The summed E-state index contributed by atoms with van der Waals surface area (Å²) in [5.74, 6) is 1.53. The fourth-order valence-corrected chi connectivity index (χ4v) is 2.61. The smallest absolute Gasteiger partial charge is 0.150 e. The lowest BCUT2D eigenvalue weighted by molar-refractivity contribution is 0.472. The summed E-state index contributed by atoms with van der Waals surface area (Å²) >= 11 is 9.88. The fraction of sp³-hybridized carbons (Fsp3) is 0.294. The van der Waals surface area contributed by atoms with Gasteiger partial charge in [0.25, 0.3) is 0 Å². The van der Waals surface area contributed by atoms with Crippen LogP contribution >= 0.6 is 27.5 Å². The Bertz CT molecular complexity index is 620. The zero-order valence-electron chi connectivity index (χ0n) is 12.5. The first-order valence-corrected chi connectivity index (χ1v) is 8.12. The molecule has 0 saturated heterocycles. The maximum atomic E-state index is 6.31. The lowest BCUT2D eigenvalue weighted by Crippen LogP contribution is -2.12. The van der Waals surface area contributed by atoms with Crippen LogP contribution in [0.25, 0.3) is 0 Å². The molecular weight excluding hydrogens is 350 g/mol. The van der Waals surface area contributed by atoms with Gasteiger partial charge in [0.1, 0.15) is 11.5 Å². The van der Waals surface area contributed by atoms with Crippen LogP contribution in [-0.4, -0.2) is 6.54 Å². The Balaban J connectivity index is 2.34. The molecule has 0 aliphatic heterocycles. The van der Waals surface area contributed by atoms with E-state index < -0.39 is 0 Å². The van der Waals surface area contributed by atoms with Crippen molar-refractivity contribution in [1.29, 1.82) is 0 Å². The third kappa shape index (κ3) is 4.00. The number of ether oxygens (including phenoxy) is 1. The molecule has 0 atom stereocenters. The molecule has 4 heteroatoms. The van der Waals surface area contributed by atoms with E-state index >= 15 is 0 Å². The fourth-order valence-electron chi connectivity index (χ4n) is 2.15. The Morgan fingerprint density at radius 2 is 1.86 bits per heavy atom. The molecule has 1 N–H and O–H groups in total. The van der Waals surface area contributed by atoms with Gasteiger partial charge in [-0.1, -0.05) is 46.6 Å². The zero-order valence-corrected chi connectivity index (χ0v) is 14.8. The molecule has 0 spiro atoms. The SMILES string of the molecule is CCNCc1cccc(Cl)c1Oc1cc(C)c(Br)c(C)c1. The molecule has 0 radical (unpaired) electrons. The van der Waals surface area contributed by atoms with Crippen LogP contribution in [0.1, 0.15) is 23.6 Å². The highest BCUT2D eigenvalue weighted by atomic mass is 79.9. The molecular formula is C17H19BrClNO. The van der Waals surface area contributed by atoms with Gasteiger partial charge in [0.2, 0.25) is 0 Å². The van der Waals surface area contributed by atoms with Gasteiger partial charge in [-0.25, -0.2) is 0 Å². The largest absolute Gasteiger partial charge is 0.455 e. The number of hydrogen-bond donors (Lipinski definition) is 1. The van der Waals surface area contributed by atoms with E-state index in [-0.39, 0.29) is 0 Å². The van der Waals surface area contributed by atoms with Gasteiger partial charge >= 0.3 is 0 Å². The van der Waals surface area contributed by atoms with Gasteiger partial charge in [-0.15, -0.1) is 0 Å². The van der Waals surface area contributed by atoms with E-state index in [1.807, 2.05) is 30.3 Å². The number of halogens is 2. The maximum Gasteiger partial charge on any atom is 0.150 e. The zero-order chi connectivity index (χ0) is 15.4. The van der Waals surface area contributed by atoms with Crippen molar-refractivity contribution in [2.45, 2.75) is 27.3 Å². The number of rotatable bonds is 5. The normalized spacial score (nSPS) is 10.7. The summed E-state index contributed by atoms with van der Waals surface area (Å²) in [5, 5.41) is 3.93. The van der Waals surface area contributed by atoms with E-state index in [4.69, 9.17) is 16.3 Å². The second kappa shape index (κ2) is 7.30. The average molecular weight is 369 g/mol. The molecule has 21 heavy (non-hydrogen) atoms. The van der Waals surface area contributed by atoms with Gasteiger partial charge in [-0.2, -0.15) is 0 Å². The van der Waals surface area contributed by atoms with Crippen LogP contribution in [0.3, 0.4) is 0 Å². The first-order chi connectivity index (χ1) is 10.0. The summed E-state index contributed by atoms with van der Waals surface area (Å²) in [5.41, 5.74) is 3.35. The van der Waals surface area contributed by atoms with Crippen molar-refractivity contribution in [2.75, 3.05) is 6.54 Å². The van der Waals surface area contributed by atoms with Crippen LogP contribution in [-0.2, 0) is 6.54 Å². The van der Waals surface area contributed by atoms with Crippen LogP contribution in [0.15, 0.2) is 34.8 Å². The van der Waals surface area contributed by atoms with E-state index in [1.165, 1.54) is 0 Å². The molecule has 112 valence electrons. The summed E-state index contributed by atoms with van der Waals surface area (Å²) in [6.07, 6.45) is 0. The molecule has 0 unspecified atom stereocenters. The molecule has 0 fully saturated rings. The van der Waals surface area contributed by atoms with Crippen LogP contribution in [0.2, 0.25) is 5.02 Å². The lowest BCUT2D eigenvalue weighted by Gasteiger charge is -2.15. The molecule has 0 bridgehead atoms.